The van der Waals surface area contributed by atoms with Gasteiger partial charge in [-0.25, -0.2) is 9.37 Å². The summed E-state index contributed by atoms with van der Waals surface area (Å²) in [7, 11) is 1.52. The van der Waals surface area contributed by atoms with Crippen LogP contribution < -0.4 is 15.0 Å². The van der Waals surface area contributed by atoms with Crippen LogP contribution in [-0.4, -0.2) is 41.1 Å². The second-order valence-corrected chi connectivity index (χ2v) is 6.76. The number of imidazole rings is 1. The van der Waals surface area contributed by atoms with E-state index >= 15 is 0 Å². The third-order valence-electron chi connectivity index (χ3n) is 4.70. The number of halogens is 1. The third-order valence-corrected chi connectivity index (χ3v) is 4.70. The van der Waals surface area contributed by atoms with Crippen LogP contribution in [0.4, 0.5) is 10.1 Å². The minimum Gasteiger partial charge on any atom is -0.489 e. The van der Waals surface area contributed by atoms with Gasteiger partial charge < -0.3 is 19.5 Å². The predicted octanol–water partition coefficient (Wildman–Crippen LogP) is 2.22. The number of carbonyl (C=O) groups excluding carboxylic acids is 2. The Kier molecular flexibility index (Phi) is 4.99. The molecule has 1 N–H and O–H groups in total. The molecule has 2 amide bonds. The summed E-state index contributed by atoms with van der Waals surface area (Å²) in [6.07, 6.45) is 3.19. The van der Waals surface area contributed by atoms with Crippen LogP contribution >= 0.6 is 0 Å². The van der Waals surface area contributed by atoms with Crippen LogP contribution in [0.3, 0.4) is 0 Å². The molecule has 1 aliphatic heterocycles. The normalized spacial score (nSPS) is 16.0. The molecule has 29 heavy (non-hydrogen) atoms. The zero-order chi connectivity index (χ0) is 20.4. The number of nitrogens with zero attached hydrogens (tertiary/aromatic N) is 3. The highest BCUT2D eigenvalue weighted by molar-refractivity contribution is 6.02. The first kappa shape index (κ1) is 18.7. The van der Waals surface area contributed by atoms with E-state index in [0.29, 0.717) is 18.0 Å². The number of ether oxygens (including phenoxy) is 1. The number of aromatic nitrogens is 2. The highest BCUT2D eigenvalue weighted by atomic mass is 19.1. The summed E-state index contributed by atoms with van der Waals surface area (Å²) in [5.41, 5.74) is 1.60. The van der Waals surface area contributed by atoms with Gasteiger partial charge >= 0.3 is 0 Å². The van der Waals surface area contributed by atoms with Crippen LogP contribution in [-0.2, 0) is 11.3 Å². The fraction of sp³-hybridized carbons (Fsp3) is 0.190. The van der Waals surface area contributed by atoms with Crippen molar-refractivity contribution in [3.8, 4) is 5.75 Å². The minimum absolute atomic E-state index is 0.0573. The molecule has 0 radical (unpaired) electrons. The lowest BCUT2D eigenvalue weighted by molar-refractivity contribution is -0.120. The van der Waals surface area contributed by atoms with Gasteiger partial charge in [0.15, 0.2) is 0 Å². The molecular weight excluding hydrogens is 375 g/mol. The van der Waals surface area contributed by atoms with Gasteiger partial charge in [0.25, 0.3) is 11.8 Å². The fourth-order valence-electron chi connectivity index (χ4n) is 3.17. The maximum atomic E-state index is 13.5. The zero-order valence-corrected chi connectivity index (χ0v) is 15.7. The Morgan fingerprint density at radius 2 is 2.07 bits per heavy atom. The number of anilines is 1. The van der Waals surface area contributed by atoms with Gasteiger partial charge in [-0.2, -0.15) is 0 Å². The van der Waals surface area contributed by atoms with Gasteiger partial charge in [0.2, 0.25) is 0 Å². The maximum absolute atomic E-state index is 13.5. The highest BCUT2D eigenvalue weighted by Gasteiger charge is 2.31. The third kappa shape index (κ3) is 3.96. The number of hydrogen-bond acceptors (Lipinski definition) is 4. The number of amides is 2. The Labute approximate surface area is 166 Å². The Morgan fingerprint density at radius 3 is 2.86 bits per heavy atom. The lowest BCUT2D eigenvalue weighted by Crippen LogP contribution is -2.49. The van der Waals surface area contributed by atoms with Crippen molar-refractivity contribution in [3.05, 3.63) is 78.1 Å². The number of rotatable bonds is 4. The van der Waals surface area contributed by atoms with E-state index < -0.39 is 23.7 Å². The van der Waals surface area contributed by atoms with E-state index in [1.807, 2.05) is 30.3 Å². The Bertz CT molecular complexity index is 1050. The van der Waals surface area contributed by atoms with E-state index in [0.717, 1.165) is 5.56 Å². The molecule has 1 unspecified atom stereocenters. The molecule has 0 saturated heterocycles. The summed E-state index contributed by atoms with van der Waals surface area (Å²) in [6.45, 7) is 0.522. The number of carbonyl (C=O) groups is 2. The summed E-state index contributed by atoms with van der Waals surface area (Å²) in [6, 6.07) is 12.8. The standard InChI is InChI=1S/C21H19FN4O3/c1-25-18-9-15(22)7-8-19(18)29-12-17(21(25)28)24-20(27)16-11-26(13-23-16)10-14-5-3-2-4-6-14/h2-9,11,13,17H,10,12H2,1H3,(H,24,27). The molecule has 0 fully saturated rings. The maximum Gasteiger partial charge on any atom is 0.272 e. The average Bonchev–Trinajstić information content (AvgIpc) is 3.16. The van der Waals surface area contributed by atoms with Crippen LogP contribution in [0.2, 0.25) is 0 Å². The first-order chi connectivity index (χ1) is 14.0. The molecule has 0 spiro atoms. The Hall–Kier alpha value is -3.68. The first-order valence-electron chi connectivity index (χ1n) is 9.08. The van der Waals surface area contributed by atoms with Crippen LogP contribution in [0.5, 0.6) is 5.75 Å². The van der Waals surface area contributed by atoms with Gasteiger partial charge in [-0.05, 0) is 17.7 Å². The number of fused-ring (bicyclic) bond motifs is 1. The largest absolute Gasteiger partial charge is 0.489 e. The molecule has 2 aromatic carbocycles. The molecule has 148 valence electrons. The van der Waals surface area contributed by atoms with E-state index in [9.17, 15) is 14.0 Å². The van der Waals surface area contributed by atoms with Crippen LogP contribution in [0.1, 0.15) is 16.1 Å². The van der Waals surface area contributed by atoms with Crippen molar-refractivity contribution in [1.29, 1.82) is 0 Å². The summed E-state index contributed by atoms with van der Waals surface area (Å²) in [5, 5.41) is 2.66. The second kappa shape index (κ2) is 7.75. The number of hydrogen-bond donors (Lipinski definition) is 1. The van der Waals surface area contributed by atoms with Crippen molar-refractivity contribution in [2.45, 2.75) is 12.6 Å². The smallest absolute Gasteiger partial charge is 0.272 e. The van der Waals surface area contributed by atoms with E-state index in [-0.39, 0.29) is 12.3 Å². The van der Waals surface area contributed by atoms with E-state index in [1.165, 1.54) is 30.1 Å². The lowest BCUT2D eigenvalue weighted by Gasteiger charge is -2.20. The van der Waals surface area contributed by atoms with Crippen molar-refractivity contribution in [2.75, 3.05) is 18.6 Å². The second-order valence-electron chi connectivity index (χ2n) is 6.76. The molecule has 8 heteroatoms. The van der Waals surface area contributed by atoms with Crippen molar-refractivity contribution < 1.29 is 18.7 Å². The van der Waals surface area contributed by atoms with Crippen molar-refractivity contribution >= 4 is 17.5 Å². The zero-order valence-electron chi connectivity index (χ0n) is 15.7. The molecule has 7 nitrogen and oxygen atoms in total. The van der Waals surface area contributed by atoms with Gasteiger partial charge in [0.1, 0.15) is 29.9 Å². The topological polar surface area (TPSA) is 76.5 Å². The van der Waals surface area contributed by atoms with Gasteiger partial charge in [-0.1, -0.05) is 30.3 Å². The number of benzene rings is 2. The van der Waals surface area contributed by atoms with Gasteiger partial charge in [-0.15, -0.1) is 0 Å². The van der Waals surface area contributed by atoms with Crippen molar-refractivity contribution in [3.63, 3.8) is 0 Å². The van der Waals surface area contributed by atoms with E-state index in [1.54, 1.807) is 17.1 Å². The highest BCUT2D eigenvalue weighted by Crippen LogP contribution is 2.31. The molecular formula is C21H19FN4O3. The quantitative estimate of drug-likeness (QED) is 0.736. The fourth-order valence-corrected chi connectivity index (χ4v) is 3.17. The monoisotopic (exact) mass is 394 g/mol. The summed E-state index contributed by atoms with van der Waals surface area (Å²) in [4.78, 5) is 30.7. The first-order valence-corrected chi connectivity index (χ1v) is 9.08. The Morgan fingerprint density at radius 1 is 1.28 bits per heavy atom. The molecule has 0 saturated carbocycles. The number of nitrogens with one attached hydrogen (secondary N) is 1. The molecule has 0 aliphatic carbocycles. The molecule has 1 atom stereocenters. The van der Waals surface area contributed by atoms with Gasteiger partial charge in [-0.3, -0.25) is 9.59 Å². The Balaban J connectivity index is 1.45. The number of likely N-dealkylation sites (N-methyl/N-ethyl adjacent to an activating group) is 1. The van der Waals surface area contributed by atoms with E-state index in [2.05, 4.69) is 10.3 Å². The van der Waals surface area contributed by atoms with Crippen LogP contribution in [0, 0.1) is 5.82 Å². The molecule has 0 bridgehead atoms. The minimum atomic E-state index is -0.915. The predicted molar refractivity (Wildman–Crippen MR) is 104 cm³/mol. The van der Waals surface area contributed by atoms with E-state index in [4.69, 9.17) is 4.74 Å². The van der Waals surface area contributed by atoms with Crippen LogP contribution in [0.15, 0.2) is 61.1 Å². The molecule has 3 aromatic rings. The average molecular weight is 394 g/mol. The molecule has 1 aliphatic rings. The van der Waals surface area contributed by atoms with Crippen LogP contribution in [0.25, 0.3) is 0 Å². The van der Waals surface area contributed by atoms with Crippen molar-refractivity contribution in [2.24, 2.45) is 0 Å². The summed E-state index contributed by atoms with van der Waals surface area (Å²) < 4.78 is 20.9. The van der Waals surface area contributed by atoms with Gasteiger partial charge in [0, 0.05) is 25.9 Å². The van der Waals surface area contributed by atoms with Gasteiger partial charge in [0.05, 0.1) is 12.0 Å². The summed E-state index contributed by atoms with van der Waals surface area (Å²) >= 11 is 0. The molecule has 4 rings (SSSR count). The molecule has 1 aromatic heterocycles. The molecule has 2 heterocycles. The lowest BCUT2D eigenvalue weighted by atomic mass is 10.2. The SMILES string of the molecule is CN1C(=O)C(NC(=O)c2cn(Cc3ccccc3)cn2)COc2ccc(F)cc21. The van der Waals surface area contributed by atoms with Crippen molar-refractivity contribution in [1.82, 2.24) is 14.9 Å². The summed E-state index contributed by atoms with van der Waals surface area (Å²) in [5.74, 6) is -0.972.